The first-order valence-corrected chi connectivity index (χ1v) is 7.87. The highest BCUT2D eigenvalue weighted by atomic mass is 79.9. The number of hydrogen-bond donors (Lipinski definition) is 2. The topological polar surface area (TPSA) is 48.4 Å². The third kappa shape index (κ3) is 4.85. The van der Waals surface area contributed by atoms with Crippen LogP contribution in [0.4, 0.5) is 0 Å². The van der Waals surface area contributed by atoms with Gasteiger partial charge in [0.25, 0.3) is 0 Å². The van der Waals surface area contributed by atoms with Gasteiger partial charge in [-0.1, -0.05) is 0 Å². The van der Waals surface area contributed by atoms with Crippen LogP contribution >= 0.6 is 27.7 Å². The van der Waals surface area contributed by atoms with Gasteiger partial charge >= 0.3 is 0 Å². The van der Waals surface area contributed by atoms with Crippen LogP contribution in [0.15, 0.2) is 27.8 Å². The van der Waals surface area contributed by atoms with Gasteiger partial charge in [-0.2, -0.15) is 0 Å². The van der Waals surface area contributed by atoms with E-state index in [0.717, 1.165) is 42.2 Å². The molecule has 1 aromatic heterocycles. The number of piperazine rings is 1. The molecule has 2 rings (SSSR count). The Morgan fingerprint density at radius 1 is 1.44 bits per heavy atom. The number of aromatic nitrogens is 1. The summed E-state index contributed by atoms with van der Waals surface area (Å²) in [6.45, 7) is 4.85. The molecule has 1 atom stereocenters. The second-order valence-electron chi connectivity index (χ2n) is 4.33. The van der Waals surface area contributed by atoms with Gasteiger partial charge in [-0.25, -0.2) is 4.98 Å². The Balaban J connectivity index is 1.70. The van der Waals surface area contributed by atoms with Crippen molar-refractivity contribution in [1.82, 2.24) is 15.2 Å². The molecule has 0 saturated carbocycles. The van der Waals surface area contributed by atoms with Crippen molar-refractivity contribution in [2.75, 3.05) is 38.5 Å². The standard InChI is InChI=1S/C12H18BrN3OS/c13-10-1-2-12(15-7-10)18-9-11(17)8-16-5-3-14-4-6-16/h1-2,7,11,14,17H,3-6,8-9H2. The van der Waals surface area contributed by atoms with Gasteiger partial charge in [-0.15, -0.1) is 11.8 Å². The number of nitrogens with one attached hydrogen (secondary N) is 1. The van der Waals surface area contributed by atoms with E-state index in [1.807, 2.05) is 12.1 Å². The van der Waals surface area contributed by atoms with Crippen LogP contribution in [0, 0.1) is 0 Å². The molecule has 0 aliphatic carbocycles. The lowest BCUT2D eigenvalue weighted by Gasteiger charge is -2.28. The van der Waals surface area contributed by atoms with E-state index in [0.29, 0.717) is 5.75 Å². The molecule has 2 N–H and O–H groups in total. The van der Waals surface area contributed by atoms with Crippen LogP contribution in [0.3, 0.4) is 0 Å². The van der Waals surface area contributed by atoms with E-state index in [1.165, 1.54) is 0 Å². The third-order valence-electron chi connectivity index (χ3n) is 2.80. The SMILES string of the molecule is OC(CSc1ccc(Br)cn1)CN1CCNCC1. The van der Waals surface area contributed by atoms with Crippen LogP contribution in [0.2, 0.25) is 0 Å². The first kappa shape index (κ1) is 14.3. The minimum absolute atomic E-state index is 0.293. The van der Waals surface area contributed by atoms with Crippen LogP contribution in [0.25, 0.3) is 0 Å². The lowest BCUT2D eigenvalue weighted by atomic mass is 10.3. The van der Waals surface area contributed by atoms with Gasteiger partial charge in [0.2, 0.25) is 0 Å². The largest absolute Gasteiger partial charge is 0.391 e. The van der Waals surface area contributed by atoms with Crippen LogP contribution in [-0.4, -0.2) is 59.6 Å². The summed E-state index contributed by atoms with van der Waals surface area (Å²) in [5, 5.41) is 14.3. The zero-order valence-electron chi connectivity index (χ0n) is 10.2. The van der Waals surface area contributed by atoms with Gasteiger partial charge in [0.1, 0.15) is 0 Å². The van der Waals surface area contributed by atoms with Gasteiger partial charge < -0.3 is 10.4 Å². The van der Waals surface area contributed by atoms with Crippen molar-refractivity contribution in [3.8, 4) is 0 Å². The summed E-state index contributed by atoms with van der Waals surface area (Å²) in [5.74, 6) is 0.693. The molecule has 18 heavy (non-hydrogen) atoms. The van der Waals surface area contributed by atoms with Crippen molar-refractivity contribution >= 4 is 27.7 Å². The third-order valence-corrected chi connectivity index (χ3v) is 4.36. The Hall–Kier alpha value is -0.140. The summed E-state index contributed by atoms with van der Waals surface area (Å²) >= 11 is 4.96. The number of aliphatic hydroxyl groups excluding tert-OH is 1. The molecule has 2 heterocycles. The average molecular weight is 332 g/mol. The van der Waals surface area contributed by atoms with Crippen molar-refractivity contribution < 1.29 is 5.11 Å². The molecular weight excluding hydrogens is 314 g/mol. The predicted octanol–water partition coefficient (Wildman–Crippen LogP) is 1.20. The first-order chi connectivity index (χ1) is 8.74. The predicted molar refractivity (Wildman–Crippen MR) is 78.0 cm³/mol. The Morgan fingerprint density at radius 3 is 2.89 bits per heavy atom. The fraction of sp³-hybridized carbons (Fsp3) is 0.583. The molecule has 1 aliphatic rings. The van der Waals surface area contributed by atoms with Gasteiger partial charge in [0, 0.05) is 49.1 Å². The van der Waals surface area contributed by atoms with Crippen molar-refractivity contribution in [2.45, 2.75) is 11.1 Å². The molecule has 100 valence electrons. The zero-order valence-corrected chi connectivity index (χ0v) is 12.6. The molecule has 0 spiro atoms. The highest BCUT2D eigenvalue weighted by Gasteiger charge is 2.14. The fourth-order valence-electron chi connectivity index (χ4n) is 1.87. The number of halogens is 1. The maximum atomic E-state index is 10.00. The van der Waals surface area contributed by atoms with Crippen LogP contribution in [0.5, 0.6) is 0 Å². The lowest BCUT2D eigenvalue weighted by molar-refractivity contribution is 0.121. The second kappa shape index (κ2) is 7.45. The van der Waals surface area contributed by atoms with E-state index < -0.39 is 0 Å². The molecule has 0 bridgehead atoms. The Bertz CT molecular complexity index is 357. The highest BCUT2D eigenvalue weighted by molar-refractivity contribution is 9.10. The average Bonchev–Trinajstić information content (AvgIpc) is 2.39. The maximum Gasteiger partial charge on any atom is 0.0961 e. The minimum Gasteiger partial charge on any atom is -0.391 e. The molecule has 0 amide bonds. The summed E-state index contributed by atoms with van der Waals surface area (Å²) in [7, 11) is 0. The van der Waals surface area contributed by atoms with E-state index in [1.54, 1.807) is 18.0 Å². The number of thioether (sulfide) groups is 1. The van der Waals surface area contributed by atoms with Crippen molar-refractivity contribution in [3.63, 3.8) is 0 Å². The molecule has 4 nitrogen and oxygen atoms in total. The molecule has 1 aliphatic heterocycles. The summed E-state index contributed by atoms with van der Waals surface area (Å²) in [4.78, 5) is 6.58. The Morgan fingerprint density at radius 2 is 2.22 bits per heavy atom. The molecular formula is C12H18BrN3OS. The first-order valence-electron chi connectivity index (χ1n) is 6.09. The van der Waals surface area contributed by atoms with E-state index in [-0.39, 0.29) is 6.10 Å². The van der Waals surface area contributed by atoms with E-state index in [4.69, 9.17) is 0 Å². The van der Waals surface area contributed by atoms with Gasteiger partial charge in [0.05, 0.1) is 11.1 Å². The fourth-order valence-corrected chi connectivity index (χ4v) is 2.87. The molecule has 0 aromatic carbocycles. The summed E-state index contributed by atoms with van der Waals surface area (Å²) in [5.41, 5.74) is 0. The number of aliphatic hydroxyl groups is 1. The van der Waals surface area contributed by atoms with E-state index in [2.05, 4.69) is 31.1 Å². The zero-order chi connectivity index (χ0) is 12.8. The van der Waals surface area contributed by atoms with Crippen molar-refractivity contribution in [1.29, 1.82) is 0 Å². The quantitative estimate of drug-likeness (QED) is 0.794. The van der Waals surface area contributed by atoms with Crippen molar-refractivity contribution in [3.05, 3.63) is 22.8 Å². The molecule has 0 radical (unpaired) electrons. The monoisotopic (exact) mass is 331 g/mol. The lowest BCUT2D eigenvalue weighted by Crippen LogP contribution is -2.46. The van der Waals surface area contributed by atoms with E-state index in [9.17, 15) is 5.11 Å². The number of nitrogens with zero attached hydrogens (tertiary/aromatic N) is 2. The van der Waals surface area contributed by atoms with Crippen LogP contribution in [-0.2, 0) is 0 Å². The summed E-state index contributed by atoms with van der Waals surface area (Å²) in [6, 6.07) is 3.93. The van der Waals surface area contributed by atoms with Gasteiger partial charge in [0.15, 0.2) is 0 Å². The van der Waals surface area contributed by atoms with Crippen LogP contribution < -0.4 is 5.32 Å². The Labute approximate surface area is 120 Å². The number of pyridine rings is 1. The number of rotatable bonds is 5. The van der Waals surface area contributed by atoms with E-state index >= 15 is 0 Å². The molecule has 1 saturated heterocycles. The minimum atomic E-state index is -0.293. The smallest absolute Gasteiger partial charge is 0.0961 e. The second-order valence-corrected chi connectivity index (χ2v) is 6.29. The van der Waals surface area contributed by atoms with Gasteiger partial charge in [-0.3, -0.25) is 4.90 Å². The van der Waals surface area contributed by atoms with Gasteiger partial charge in [-0.05, 0) is 28.1 Å². The van der Waals surface area contributed by atoms with Crippen molar-refractivity contribution in [2.24, 2.45) is 0 Å². The highest BCUT2D eigenvalue weighted by Crippen LogP contribution is 2.18. The molecule has 1 aromatic rings. The summed E-state index contributed by atoms with van der Waals surface area (Å²) in [6.07, 6.45) is 1.49. The number of β-amino-alcohol motifs (C(OH)–C–C–N with tert-alkyl or cyclic N) is 1. The Kier molecular flexibility index (Phi) is 5.91. The normalized spacial score (nSPS) is 18.8. The maximum absolute atomic E-state index is 10.00. The molecule has 1 unspecified atom stereocenters. The molecule has 6 heteroatoms. The van der Waals surface area contributed by atoms with Crippen LogP contribution in [0.1, 0.15) is 0 Å². The summed E-state index contributed by atoms with van der Waals surface area (Å²) < 4.78 is 0.980. The molecule has 1 fully saturated rings. The number of hydrogen-bond acceptors (Lipinski definition) is 5.